The molecule has 0 aliphatic heterocycles. The summed E-state index contributed by atoms with van der Waals surface area (Å²) in [7, 11) is 0. The zero-order chi connectivity index (χ0) is 16.5. The number of hydrogen-bond acceptors (Lipinski definition) is 5. The van der Waals surface area contributed by atoms with Crippen LogP contribution in [0.4, 0.5) is 11.5 Å². The fourth-order valence-electron chi connectivity index (χ4n) is 2.57. The van der Waals surface area contributed by atoms with E-state index < -0.39 is 0 Å². The Hall–Kier alpha value is -2.92. The number of aromatic hydroxyl groups is 1. The van der Waals surface area contributed by atoms with E-state index in [1.807, 2.05) is 36.4 Å². The van der Waals surface area contributed by atoms with Gasteiger partial charge in [-0.05, 0) is 25.1 Å². The Labute approximate surface area is 143 Å². The van der Waals surface area contributed by atoms with E-state index in [9.17, 15) is 5.11 Å². The van der Waals surface area contributed by atoms with Crippen molar-refractivity contribution in [1.82, 2.24) is 9.97 Å². The van der Waals surface area contributed by atoms with Gasteiger partial charge in [0.15, 0.2) is 5.82 Å². The average Bonchev–Trinajstić information content (AvgIpc) is 2.96. The van der Waals surface area contributed by atoms with Crippen LogP contribution >= 0.6 is 11.3 Å². The number of benzene rings is 2. The molecule has 118 valence electrons. The monoisotopic (exact) mass is 333 g/mol. The number of hydrogen-bond donors (Lipinski definition) is 2. The second-order valence-electron chi connectivity index (χ2n) is 5.51. The van der Waals surface area contributed by atoms with Gasteiger partial charge in [-0.2, -0.15) is 0 Å². The van der Waals surface area contributed by atoms with Gasteiger partial charge >= 0.3 is 0 Å². The summed E-state index contributed by atoms with van der Waals surface area (Å²) in [6, 6.07) is 19.0. The molecular formula is C19H15N3OS. The molecule has 4 rings (SSSR count). The van der Waals surface area contributed by atoms with E-state index in [0.717, 1.165) is 27.3 Å². The lowest BCUT2D eigenvalue weighted by Crippen LogP contribution is -1.97. The minimum absolute atomic E-state index is 0.218. The van der Waals surface area contributed by atoms with Crippen molar-refractivity contribution in [3.63, 3.8) is 0 Å². The maximum Gasteiger partial charge on any atom is 0.163 e. The van der Waals surface area contributed by atoms with Gasteiger partial charge in [0.25, 0.3) is 0 Å². The molecule has 0 aliphatic rings. The van der Waals surface area contributed by atoms with E-state index in [2.05, 4.69) is 18.3 Å². The van der Waals surface area contributed by atoms with Crippen molar-refractivity contribution >= 4 is 33.1 Å². The number of thiophene rings is 1. The molecule has 0 fully saturated rings. The molecule has 2 aromatic heterocycles. The van der Waals surface area contributed by atoms with E-state index in [1.165, 1.54) is 4.88 Å². The van der Waals surface area contributed by atoms with Crippen LogP contribution in [0.3, 0.4) is 0 Å². The molecule has 0 saturated heterocycles. The first-order valence-electron chi connectivity index (χ1n) is 7.59. The summed E-state index contributed by atoms with van der Waals surface area (Å²) in [5, 5.41) is 14.0. The largest absolute Gasteiger partial charge is 0.508 e. The van der Waals surface area contributed by atoms with E-state index in [0.29, 0.717) is 5.82 Å². The van der Waals surface area contributed by atoms with E-state index in [1.54, 1.807) is 29.5 Å². The Balaban J connectivity index is 1.86. The number of nitrogens with one attached hydrogen (secondary N) is 1. The summed E-state index contributed by atoms with van der Waals surface area (Å²) in [6.45, 7) is 2.06. The van der Waals surface area contributed by atoms with Crippen molar-refractivity contribution in [3.05, 3.63) is 65.5 Å². The second-order valence-corrected chi connectivity index (χ2v) is 6.75. The third-order valence-corrected chi connectivity index (χ3v) is 4.60. The van der Waals surface area contributed by atoms with Crippen molar-refractivity contribution in [2.24, 2.45) is 0 Å². The number of phenols is 1. The molecule has 0 amide bonds. The third kappa shape index (κ3) is 2.81. The van der Waals surface area contributed by atoms with Gasteiger partial charge < -0.3 is 10.4 Å². The lowest BCUT2D eigenvalue weighted by molar-refractivity contribution is 0.475. The molecular weight excluding hydrogens is 318 g/mol. The highest BCUT2D eigenvalue weighted by Crippen LogP contribution is 2.32. The first-order valence-corrected chi connectivity index (χ1v) is 8.40. The molecule has 0 atom stereocenters. The number of anilines is 2. The molecule has 2 heterocycles. The van der Waals surface area contributed by atoms with Crippen LogP contribution in [0.25, 0.3) is 21.6 Å². The molecule has 0 aliphatic carbocycles. The lowest BCUT2D eigenvalue weighted by Gasteiger charge is -2.09. The SMILES string of the molecule is Cc1cc2c(Nc3cccc(O)c3)nc(-c3ccccc3)nc2s1. The van der Waals surface area contributed by atoms with E-state index in [-0.39, 0.29) is 5.75 Å². The van der Waals surface area contributed by atoms with Crippen molar-refractivity contribution in [3.8, 4) is 17.1 Å². The maximum absolute atomic E-state index is 9.67. The van der Waals surface area contributed by atoms with Crippen molar-refractivity contribution in [2.45, 2.75) is 6.92 Å². The van der Waals surface area contributed by atoms with Gasteiger partial charge in [-0.15, -0.1) is 11.3 Å². The second kappa shape index (κ2) is 5.94. The zero-order valence-electron chi connectivity index (χ0n) is 13.0. The lowest BCUT2D eigenvalue weighted by atomic mass is 10.2. The average molecular weight is 333 g/mol. The van der Waals surface area contributed by atoms with Crippen LogP contribution in [0, 0.1) is 6.92 Å². The summed E-state index contributed by atoms with van der Waals surface area (Å²) < 4.78 is 0. The van der Waals surface area contributed by atoms with Crippen LogP contribution in [0.5, 0.6) is 5.75 Å². The molecule has 5 heteroatoms. The Bertz CT molecular complexity index is 1010. The summed E-state index contributed by atoms with van der Waals surface area (Å²) >= 11 is 1.65. The Kier molecular flexibility index (Phi) is 3.63. The van der Waals surface area contributed by atoms with Crippen LogP contribution in [-0.4, -0.2) is 15.1 Å². The highest BCUT2D eigenvalue weighted by atomic mass is 32.1. The number of nitrogens with zero attached hydrogens (tertiary/aromatic N) is 2. The van der Waals surface area contributed by atoms with Crippen molar-refractivity contribution in [1.29, 1.82) is 0 Å². The third-order valence-electron chi connectivity index (χ3n) is 3.66. The molecule has 0 bridgehead atoms. The Morgan fingerprint density at radius 3 is 2.58 bits per heavy atom. The molecule has 4 aromatic rings. The number of aryl methyl sites for hydroxylation is 1. The minimum Gasteiger partial charge on any atom is -0.508 e. The Morgan fingerprint density at radius 2 is 1.79 bits per heavy atom. The first kappa shape index (κ1) is 14.7. The highest BCUT2D eigenvalue weighted by Gasteiger charge is 2.12. The van der Waals surface area contributed by atoms with Gasteiger partial charge in [0.05, 0.1) is 5.39 Å². The number of aromatic nitrogens is 2. The van der Waals surface area contributed by atoms with Gasteiger partial charge in [0.1, 0.15) is 16.4 Å². The minimum atomic E-state index is 0.218. The molecule has 4 nitrogen and oxygen atoms in total. The molecule has 0 spiro atoms. The zero-order valence-corrected chi connectivity index (χ0v) is 13.8. The topological polar surface area (TPSA) is 58.0 Å². The van der Waals surface area contributed by atoms with Crippen LogP contribution in [0.1, 0.15) is 4.88 Å². The van der Waals surface area contributed by atoms with Gasteiger partial charge in [-0.3, -0.25) is 0 Å². The molecule has 24 heavy (non-hydrogen) atoms. The van der Waals surface area contributed by atoms with Crippen LogP contribution in [0.2, 0.25) is 0 Å². The van der Waals surface area contributed by atoms with Crippen LogP contribution in [0.15, 0.2) is 60.7 Å². The predicted octanol–water partition coefficient (Wildman–Crippen LogP) is 5.12. The fraction of sp³-hybridized carbons (Fsp3) is 0.0526. The normalized spacial score (nSPS) is 10.9. The van der Waals surface area contributed by atoms with Gasteiger partial charge in [-0.25, -0.2) is 9.97 Å². The summed E-state index contributed by atoms with van der Waals surface area (Å²) in [4.78, 5) is 11.5. The predicted molar refractivity (Wildman–Crippen MR) is 99.0 cm³/mol. The van der Waals surface area contributed by atoms with Crippen LogP contribution < -0.4 is 5.32 Å². The van der Waals surface area contributed by atoms with Crippen molar-refractivity contribution < 1.29 is 5.11 Å². The first-order chi connectivity index (χ1) is 11.7. The van der Waals surface area contributed by atoms with Gasteiger partial charge in [0.2, 0.25) is 0 Å². The smallest absolute Gasteiger partial charge is 0.163 e. The maximum atomic E-state index is 9.67. The number of fused-ring (bicyclic) bond motifs is 1. The van der Waals surface area contributed by atoms with Crippen LogP contribution in [-0.2, 0) is 0 Å². The summed E-state index contributed by atoms with van der Waals surface area (Å²) in [5.41, 5.74) is 1.77. The van der Waals surface area contributed by atoms with E-state index in [4.69, 9.17) is 9.97 Å². The molecule has 2 aromatic carbocycles. The molecule has 0 radical (unpaired) electrons. The standard InChI is InChI=1S/C19H15N3OS/c1-12-10-16-18(20-14-8-5-9-15(23)11-14)21-17(22-19(16)24-12)13-6-3-2-4-7-13/h2-11,23H,1H3,(H,20,21,22). The molecule has 0 saturated carbocycles. The van der Waals surface area contributed by atoms with Gasteiger partial charge in [-0.1, -0.05) is 36.4 Å². The van der Waals surface area contributed by atoms with Crippen molar-refractivity contribution in [2.75, 3.05) is 5.32 Å². The molecule has 0 unspecified atom stereocenters. The quantitative estimate of drug-likeness (QED) is 0.546. The number of rotatable bonds is 3. The number of phenolic OH excluding ortho intramolecular Hbond substituents is 1. The fourth-order valence-corrected chi connectivity index (χ4v) is 3.45. The van der Waals surface area contributed by atoms with Gasteiger partial charge in [0, 0.05) is 22.2 Å². The highest BCUT2D eigenvalue weighted by molar-refractivity contribution is 7.18. The summed E-state index contributed by atoms with van der Waals surface area (Å²) in [6.07, 6.45) is 0. The summed E-state index contributed by atoms with van der Waals surface area (Å²) in [5.74, 6) is 1.65. The van der Waals surface area contributed by atoms with E-state index >= 15 is 0 Å². The molecule has 2 N–H and O–H groups in total. The Morgan fingerprint density at radius 1 is 0.958 bits per heavy atom.